The monoisotopic (exact) mass is 209 g/mol. The highest BCUT2D eigenvalue weighted by molar-refractivity contribution is 5.65. The first-order valence-corrected chi connectivity index (χ1v) is 5.39. The van der Waals surface area contributed by atoms with Gasteiger partial charge in [0, 0.05) is 24.4 Å². The minimum Gasteiger partial charge on any atom is -0.465 e. The lowest BCUT2D eigenvalue weighted by Crippen LogP contribution is -2.37. The van der Waals surface area contributed by atoms with E-state index in [1.54, 1.807) is 0 Å². The van der Waals surface area contributed by atoms with Gasteiger partial charge in [-0.05, 0) is 33.6 Å². The van der Waals surface area contributed by atoms with Crippen molar-refractivity contribution in [2.24, 2.45) is 11.3 Å². The van der Waals surface area contributed by atoms with Crippen LogP contribution in [0.3, 0.4) is 0 Å². The first kappa shape index (κ1) is 11.9. The maximum Gasteiger partial charge on any atom is 0.407 e. The Morgan fingerprint density at radius 2 is 1.87 bits per heavy atom. The van der Waals surface area contributed by atoms with Gasteiger partial charge in [-0.3, -0.25) is 0 Å². The summed E-state index contributed by atoms with van der Waals surface area (Å²) in [5.74, 6) is 6.85. The summed E-state index contributed by atoms with van der Waals surface area (Å²) in [5, 5.41) is 8.77. The largest absolute Gasteiger partial charge is 0.465 e. The molecule has 1 fully saturated rings. The lowest BCUT2D eigenvalue weighted by atomic mass is 9.93. The zero-order valence-electron chi connectivity index (χ0n) is 9.71. The van der Waals surface area contributed by atoms with Crippen LogP contribution in [-0.4, -0.2) is 29.2 Å². The molecule has 0 aromatic heterocycles. The van der Waals surface area contributed by atoms with Gasteiger partial charge in [0.2, 0.25) is 0 Å². The molecule has 0 aromatic carbocycles. The van der Waals surface area contributed by atoms with Crippen molar-refractivity contribution in [3.8, 4) is 11.8 Å². The third-order valence-electron chi connectivity index (χ3n) is 2.42. The Bertz CT molecular complexity index is 285. The molecule has 1 N–H and O–H groups in total. The molecule has 84 valence electrons. The zero-order chi connectivity index (χ0) is 11.5. The van der Waals surface area contributed by atoms with Crippen LogP contribution in [0.15, 0.2) is 0 Å². The molecule has 1 amide bonds. The van der Waals surface area contributed by atoms with Gasteiger partial charge in [0.15, 0.2) is 0 Å². The fourth-order valence-corrected chi connectivity index (χ4v) is 1.53. The van der Waals surface area contributed by atoms with Crippen LogP contribution in [0, 0.1) is 23.2 Å². The van der Waals surface area contributed by atoms with Crippen molar-refractivity contribution in [2.45, 2.75) is 33.6 Å². The van der Waals surface area contributed by atoms with Gasteiger partial charge in [-0.2, -0.15) is 0 Å². The maximum absolute atomic E-state index is 10.7. The third kappa shape index (κ3) is 4.24. The Morgan fingerprint density at radius 1 is 1.33 bits per heavy atom. The minimum absolute atomic E-state index is 0.0456. The van der Waals surface area contributed by atoms with Crippen LogP contribution in [0.25, 0.3) is 0 Å². The molecule has 0 spiro atoms. The van der Waals surface area contributed by atoms with Crippen molar-refractivity contribution in [1.82, 2.24) is 4.90 Å². The highest BCUT2D eigenvalue weighted by Gasteiger charge is 2.20. The molecule has 0 aromatic rings. The van der Waals surface area contributed by atoms with E-state index >= 15 is 0 Å². The maximum atomic E-state index is 10.7. The van der Waals surface area contributed by atoms with E-state index in [-0.39, 0.29) is 5.41 Å². The standard InChI is InChI=1S/C12H19NO2/c1-12(2,3)7-4-10-5-8-13(9-6-10)11(14)15/h10H,5-6,8-9H2,1-3H3,(H,14,15). The SMILES string of the molecule is CC(C)(C)C#CC1CCN(C(=O)O)CC1. The van der Waals surface area contributed by atoms with Gasteiger partial charge in [0.25, 0.3) is 0 Å². The van der Waals surface area contributed by atoms with Crippen LogP contribution in [0.2, 0.25) is 0 Å². The molecule has 1 aliphatic heterocycles. The average Bonchev–Trinajstić information content (AvgIpc) is 2.14. The molecule has 1 rings (SSSR count). The molecule has 3 heteroatoms. The first-order valence-electron chi connectivity index (χ1n) is 5.39. The van der Waals surface area contributed by atoms with E-state index in [1.807, 2.05) is 0 Å². The molecule has 0 aliphatic carbocycles. The highest BCUT2D eigenvalue weighted by Crippen LogP contribution is 2.18. The summed E-state index contributed by atoms with van der Waals surface area (Å²) in [6, 6.07) is 0. The number of piperidine rings is 1. The van der Waals surface area contributed by atoms with Crippen LogP contribution >= 0.6 is 0 Å². The molecular weight excluding hydrogens is 190 g/mol. The van der Waals surface area contributed by atoms with Gasteiger partial charge >= 0.3 is 6.09 Å². The van der Waals surface area contributed by atoms with E-state index in [9.17, 15) is 4.79 Å². The average molecular weight is 209 g/mol. The predicted molar refractivity (Wildman–Crippen MR) is 59.6 cm³/mol. The summed E-state index contributed by atoms with van der Waals surface area (Å²) >= 11 is 0. The summed E-state index contributed by atoms with van der Waals surface area (Å²) in [7, 11) is 0. The van der Waals surface area contributed by atoms with Gasteiger partial charge in [-0.1, -0.05) is 11.8 Å². The van der Waals surface area contributed by atoms with E-state index in [1.165, 1.54) is 4.90 Å². The van der Waals surface area contributed by atoms with Gasteiger partial charge in [-0.15, -0.1) is 0 Å². The van der Waals surface area contributed by atoms with Crippen LogP contribution in [0.1, 0.15) is 33.6 Å². The normalized spacial score (nSPS) is 18.2. The molecule has 0 unspecified atom stereocenters. The molecule has 3 nitrogen and oxygen atoms in total. The fraction of sp³-hybridized carbons (Fsp3) is 0.750. The van der Waals surface area contributed by atoms with Gasteiger partial charge < -0.3 is 10.0 Å². The number of carboxylic acid groups (broad SMARTS) is 1. The smallest absolute Gasteiger partial charge is 0.407 e. The molecule has 0 radical (unpaired) electrons. The van der Waals surface area contributed by atoms with Crippen LogP contribution in [-0.2, 0) is 0 Å². The molecule has 1 heterocycles. The number of nitrogens with zero attached hydrogens (tertiary/aromatic N) is 1. The minimum atomic E-state index is -0.808. The molecular formula is C12H19NO2. The summed E-state index contributed by atoms with van der Waals surface area (Å²) < 4.78 is 0. The van der Waals surface area contributed by atoms with E-state index in [2.05, 4.69) is 32.6 Å². The molecule has 0 saturated carbocycles. The van der Waals surface area contributed by atoms with E-state index in [4.69, 9.17) is 5.11 Å². The summed E-state index contributed by atoms with van der Waals surface area (Å²) in [5.41, 5.74) is 0.0456. The third-order valence-corrected chi connectivity index (χ3v) is 2.42. The van der Waals surface area contributed by atoms with Crippen molar-refractivity contribution in [3.05, 3.63) is 0 Å². The quantitative estimate of drug-likeness (QED) is 0.622. The number of amides is 1. The Hall–Kier alpha value is -1.17. The summed E-state index contributed by atoms with van der Waals surface area (Å²) in [6.45, 7) is 7.52. The number of likely N-dealkylation sites (tertiary alicyclic amines) is 1. The second-order valence-corrected chi connectivity index (χ2v) is 5.06. The van der Waals surface area contributed by atoms with Gasteiger partial charge in [-0.25, -0.2) is 4.79 Å². The van der Waals surface area contributed by atoms with E-state index in [0.717, 1.165) is 12.8 Å². The molecule has 1 aliphatic rings. The Balaban J connectivity index is 2.44. The topological polar surface area (TPSA) is 40.5 Å². The van der Waals surface area contributed by atoms with Crippen molar-refractivity contribution < 1.29 is 9.90 Å². The lowest BCUT2D eigenvalue weighted by molar-refractivity contribution is 0.130. The molecule has 0 atom stereocenters. The van der Waals surface area contributed by atoms with Gasteiger partial charge in [0.1, 0.15) is 0 Å². The molecule has 15 heavy (non-hydrogen) atoms. The van der Waals surface area contributed by atoms with Crippen molar-refractivity contribution >= 4 is 6.09 Å². The second kappa shape index (κ2) is 4.57. The predicted octanol–water partition coefficient (Wildman–Crippen LogP) is 2.43. The van der Waals surface area contributed by atoms with E-state index in [0.29, 0.717) is 19.0 Å². The van der Waals surface area contributed by atoms with Crippen molar-refractivity contribution in [3.63, 3.8) is 0 Å². The number of hydrogen-bond acceptors (Lipinski definition) is 1. The van der Waals surface area contributed by atoms with Crippen molar-refractivity contribution in [2.75, 3.05) is 13.1 Å². The Labute approximate surface area is 91.5 Å². The van der Waals surface area contributed by atoms with Crippen LogP contribution < -0.4 is 0 Å². The van der Waals surface area contributed by atoms with Crippen molar-refractivity contribution in [1.29, 1.82) is 0 Å². The molecule has 0 bridgehead atoms. The Morgan fingerprint density at radius 3 is 2.27 bits per heavy atom. The van der Waals surface area contributed by atoms with Gasteiger partial charge in [0.05, 0.1) is 0 Å². The second-order valence-electron chi connectivity index (χ2n) is 5.06. The number of carbonyl (C=O) groups is 1. The van der Waals surface area contributed by atoms with Crippen LogP contribution in [0.5, 0.6) is 0 Å². The summed E-state index contributed by atoms with van der Waals surface area (Å²) in [6.07, 6.45) is 0.933. The van der Waals surface area contributed by atoms with Crippen LogP contribution in [0.4, 0.5) is 4.79 Å². The Kier molecular flexibility index (Phi) is 3.62. The highest BCUT2D eigenvalue weighted by atomic mass is 16.4. The number of hydrogen-bond donors (Lipinski definition) is 1. The summed E-state index contributed by atoms with van der Waals surface area (Å²) in [4.78, 5) is 12.1. The van der Waals surface area contributed by atoms with E-state index < -0.39 is 6.09 Å². The lowest BCUT2D eigenvalue weighted by Gasteiger charge is -2.27. The number of rotatable bonds is 0. The first-order chi connectivity index (χ1) is 6.88. The zero-order valence-corrected chi connectivity index (χ0v) is 9.71. The molecule has 1 saturated heterocycles. The fourth-order valence-electron chi connectivity index (χ4n) is 1.53.